The van der Waals surface area contributed by atoms with Crippen molar-refractivity contribution in [1.82, 2.24) is 4.98 Å². The number of hydrogen-bond acceptors (Lipinski definition) is 6. The van der Waals surface area contributed by atoms with Crippen molar-refractivity contribution in [2.75, 3.05) is 18.5 Å². The molecule has 0 aliphatic rings. The highest BCUT2D eigenvalue weighted by Crippen LogP contribution is 2.13. The van der Waals surface area contributed by atoms with E-state index in [-0.39, 0.29) is 18.8 Å². The maximum atomic E-state index is 10.4. The van der Waals surface area contributed by atoms with E-state index >= 15 is 0 Å². The number of nitro groups is 1. The van der Waals surface area contributed by atoms with Gasteiger partial charge in [-0.1, -0.05) is 0 Å². The molecule has 86 valence electrons. The minimum atomic E-state index is -0.867. The number of amides is 1. The van der Waals surface area contributed by atoms with Gasteiger partial charge in [-0.05, 0) is 0 Å². The van der Waals surface area contributed by atoms with E-state index in [1.165, 1.54) is 18.3 Å². The van der Waals surface area contributed by atoms with Crippen molar-refractivity contribution in [3.8, 4) is 0 Å². The average molecular weight is 226 g/mol. The molecule has 3 N–H and O–H groups in total. The lowest BCUT2D eigenvalue weighted by Gasteiger charge is -2.04. The number of anilines is 1. The molecular formula is C8H10N4O4. The Morgan fingerprint density at radius 2 is 2.44 bits per heavy atom. The van der Waals surface area contributed by atoms with Gasteiger partial charge in [-0.3, -0.25) is 10.1 Å². The third-order valence-electron chi connectivity index (χ3n) is 1.61. The minimum absolute atomic E-state index is 0.0617. The molecule has 8 nitrogen and oxygen atoms in total. The zero-order valence-electron chi connectivity index (χ0n) is 8.25. The molecule has 0 aliphatic heterocycles. The lowest BCUT2D eigenvalue weighted by molar-refractivity contribution is -0.384. The van der Waals surface area contributed by atoms with Crippen LogP contribution in [0.3, 0.4) is 0 Å². The molecule has 1 amide bonds. The van der Waals surface area contributed by atoms with Crippen LogP contribution in [-0.4, -0.2) is 29.2 Å². The Balaban J connectivity index is 2.45. The second kappa shape index (κ2) is 5.49. The summed E-state index contributed by atoms with van der Waals surface area (Å²) >= 11 is 0. The monoisotopic (exact) mass is 226 g/mol. The number of carbonyl (C=O) groups is 1. The second-order valence-corrected chi connectivity index (χ2v) is 2.75. The van der Waals surface area contributed by atoms with Gasteiger partial charge in [0.2, 0.25) is 0 Å². The summed E-state index contributed by atoms with van der Waals surface area (Å²) in [6.45, 7) is 0.344. The Morgan fingerprint density at radius 1 is 1.69 bits per heavy atom. The molecule has 0 unspecified atom stereocenters. The van der Waals surface area contributed by atoms with Gasteiger partial charge in [0.15, 0.2) is 0 Å². The van der Waals surface area contributed by atoms with Crippen molar-refractivity contribution >= 4 is 17.6 Å². The fourth-order valence-electron chi connectivity index (χ4n) is 0.960. The number of hydrogen-bond donors (Lipinski definition) is 2. The summed E-state index contributed by atoms with van der Waals surface area (Å²) in [5.41, 5.74) is 4.68. The van der Waals surface area contributed by atoms with Crippen LogP contribution in [0.1, 0.15) is 0 Å². The number of pyridine rings is 1. The van der Waals surface area contributed by atoms with Gasteiger partial charge in [0, 0.05) is 12.3 Å². The van der Waals surface area contributed by atoms with E-state index in [1.54, 1.807) is 0 Å². The number of ether oxygens (including phenoxy) is 1. The number of carbonyl (C=O) groups excluding carboxylic acids is 1. The molecule has 0 spiro atoms. The number of aromatic nitrogens is 1. The predicted octanol–water partition coefficient (Wildman–Crippen LogP) is 0.497. The van der Waals surface area contributed by atoms with E-state index in [4.69, 9.17) is 5.73 Å². The molecule has 0 aliphatic carbocycles. The minimum Gasteiger partial charge on any atom is -0.448 e. The zero-order chi connectivity index (χ0) is 12.0. The standard InChI is InChI=1S/C8H10N4O4/c9-8(13)16-4-3-11-7-5-6(12(14)15)1-2-10-7/h1-2,5H,3-4H2,(H2,9,13)(H,10,11). The first kappa shape index (κ1) is 11.7. The summed E-state index contributed by atoms with van der Waals surface area (Å²) in [5, 5.41) is 13.2. The average Bonchev–Trinajstić information content (AvgIpc) is 2.24. The van der Waals surface area contributed by atoms with E-state index in [1.807, 2.05) is 0 Å². The normalized spacial score (nSPS) is 9.50. The molecule has 0 saturated carbocycles. The maximum absolute atomic E-state index is 10.4. The van der Waals surface area contributed by atoms with Crippen LogP contribution in [0.4, 0.5) is 16.3 Å². The highest BCUT2D eigenvalue weighted by atomic mass is 16.6. The van der Waals surface area contributed by atoms with E-state index < -0.39 is 11.0 Å². The molecule has 0 radical (unpaired) electrons. The van der Waals surface area contributed by atoms with Gasteiger partial charge in [-0.2, -0.15) is 0 Å². The quantitative estimate of drug-likeness (QED) is 0.428. The highest BCUT2D eigenvalue weighted by molar-refractivity contribution is 5.64. The molecule has 1 aromatic rings. The van der Waals surface area contributed by atoms with Crippen molar-refractivity contribution in [1.29, 1.82) is 0 Å². The number of rotatable bonds is 5. The van der Waals surface area contributed by atoms with Crippen LogP contribution >= 0.6 is 0 Å². The molecule has 8 heteroatoms. The van der Waals surface area contributed by atoms with Gasteiger partial charge >= 0.3 is 6.09 Å². The van der Waals surface area contributed by atoms with Gasteiger partial charge in [0.05, 0.1) is 17.5 Å². The van der Waals surface area contributed by atoms with E-state index in [0.29, 0.717) is 5.82 Å². The van der Waals surface area contributed by atoms with E-state index in [0.717, 1.165) is 0 Å². The third-order valence-corrected chi connectivity index (χ3v) is 1.61. The van der Waals surface area contributed by atoms with Crippen molar-refractivity contribution in [2.45, 2.75) is 0 Å². The Hall–Kier alpha value is -2.38. The summed E-state index contributed by atoms with van der Waals surface area (Å²) in [4.78, 5) is 24.0. The number of nitrogens with two attached hydrogens (primary N) is 1. The number of nitrogens with one attached hydrogen (secondary N) is 1. The van der Waals surface area contributed by atoms with Crippen LogP contribution in [-0.2, 0) is 4.74 Å². The van der Waals surface area contributed by atoms with Crippen LogP contribution in [0.2, 0.25) is 0 Å². The van der Waals surface area contributed by atoms with E-state index in [9.17, 15) is 14.9 Å². The van der Waals surface area contributed by atoms with Crippen LogP contribution < -0.4 is 11.1 Å². The summed E-state index contributed by atoms with van der Waals surface area (Å²) < 4.78 is 4.46. The lowest BCUT2D eigenvalue weighted by Crippen LogP contribution is -2.18. The van der Waals surface area contributed by atoms with Gasteiger partial charge < -0.3 is 15.8 Å². The van der Waals surface area contributed by atoms with Crippen LogP contribution in [0.25, 0.3) is 0 Å². The Morgan fingerprint density at radius 3 is 3.06 bits per heavy atom. The maximum Gasteiger partial charge on any atom is 0.404 e. The molecule has 0 saturated heterocycles. The third kappa shape index (κ3) is 3.78. The largest absolute Gasteiger partial charge is 0.448 e. The molecule has 0 fully saturated rings. The molecule has 0 aromatic carbocycles. The SMILES string of the molecule is NC(=O)OCCNc1cc([N+](=O)[O-])ccn1. The first-order valence-electron chi connectivity index (χ1n) is 4.36. The molecule has 0 atom stereocenters. The molecule has 1 aromatic heterocycles. The molecule has 16 heavy (non-hydrogen) atoms. The van der Waals surface area contributed by atoms with Crippen molar-refractivity contribution in [3.05, 3.63) is 28.4 Å². The van der Waals surface area contributed by atoms with E-state index in [2.05, 4.69) is 15.0 Å². The van der Waals surface area contributed by atoms with Crippen molar-refractivity contribution in [2.24, 2.45) is 5.73 Å². The Bertz CT molecular complexity index is 395. The summed E-state index contributed by atoms with van der Waals surface area (Å²) in [6.07, 6.45) is 0.448. The summed E-state index contributed by atoms with van der Waals surface area (Å²) in [6, 6.07) is 2.56. The Labute approximate surface area is 90.6 Å². The fourth-order valence-corrected chi connectivity index (χ4v) is 0.960. The first-order valence-corrected chi connectivity index (χ1v) is 4.36. The predicted molar refractivity (Wildman–Crippen MR) is 54.9 cm³/mol. The summed E-state index contributed by atoms with van der Waals surface area (Å²) in [5.74, 6) is 0.335. The van der Waals surface area contributed by atoms with Crippen LogP contribution in [0, 0.1) is 10.1 Å². The first-order chi connectivity index (χ1) is 7.59. The number of primary amides is 1. The number of nitrogens with zero attached hydrogens (tertiary/aromatic N) is 2. The van der Waals surface area contributed by atoms with Gasteiger partial charge in [0.25, 0.3) is 5.69 Å². The lowest BCUT2D eigenvalue weighted by atomic mass is 10.4. The van der Waals surface area contributed by atoms with Crippen LogP contribution in [0.15, 0.2) is 18.3 Å². The van der Waals surface area contributed by atoms with Crippen molar-refractivity contribution in [3.63, 3.8) is 0 Å². The second-order valence-electron chi connectivity index (χ2n) is 2.75. The topological polar surface area (TPSA) is 120 Å². The summed E-state index contributed by atoms with van der Waals surface area (Å²) in [7, 11) is 0. The Kier molecular flexibility index (Phi) is 4.01. The highest BCUT2D eigenvalue weighted by Gasteiger charge is 2.05. The fraction of sp³-hybridized carbons (Fsp3) is 0.250. The molecule has 1 heterocycles. The van der Waals surface area contributed by atoms with Gasteiger partial charge in [0.1, 0.15) is 12.4 Å². The smallest absolute Gasteiger partial charge is 0.404 e. The van der Waals surface area contributed by atoms with Crippen LogP contribution in [0.5, 0.6) is 0 Å². The van der Waals surface area contributed by atoms with Crippen molar-refractivity contribution < 1.29 is 14.5 Å². The molecule has 0 bridgehead atoms. The molecule has 1 rings (SSSR count). The zero-order valence-corrected chi connectivity index (χ0v) is 8.25. The van der Waals surface area contributed by atoms with Gasteiger partial charge in [-0.25, -0.2) is 9.78 Å². The van der Waals surface area contributed by atoms with Gasteiger partial charge in [-0.15, -0.1) is 0 Å². The molecular weight excluding hydrogens is 216 g/mol.